The van der Waals surface area contributed by atoms with Crippen molar-refractivity contribution < 1.29 is 14.6 Å². The first-order chi connectivity index (χ1) is 12.7. The Kier molecular flexibility index (Phi) is 5.89. The minimum atomic E-state index is -0.690. The zero-order valence-electron chi connectivity index (χ0n) is 15.9. The number of carbonyl (C=O) groups excluding carboxylic acids is 1. The number of benzene rings is 1. The fraction of sp³-hybridized carbons (Fsp3) is 0.524. The van der Waals surface area contributed by atoms with Crippen LogP contribution in [0.15, 0.2) is 12.1 Å². The minimum absolute atomic E-state index is 0.0189. The summed E-state index contributed by atoms with van der Waals surface area (Å²) in [5.41, 5.74) is 0.474. The molecule has 1 N–H and O–H groups in total. The van der Waals surface area contributed by atoms with Crippen molar-refractivity contribution in [3.05, 3.63) is 34.4 Å². The van der Waals surface area contributed by atoms with Gasteiger partial charge in [0.15, 0.2) is 0 Å². The van der Waals surface area contributed by atoms with Gasteiger partial charge in [-0.3, -0.25) is 4.79 Å². The van der Waals surface area contributed by atoms with E-state index in [0.29, 0.717) is 18.4 Å². The summed E-state index contributed by atoms with van der Waals surface area (Å²) in [5, 5.41) is 36.8. The van der Waals surface area contributed by atoms with Gasteiger partial charge in [-0.15, -0.1) is 0 Å². The predicted molar refractivity (Wildman–Crippen MR) is 96.9 cm³/mol. The summed E-state index contributed by atoms with van der Waals surface area (Å²) in [6, 6.07) is 9.16. The Labute approximate surface area is 159 Å². The van der Waals surface area contributed by atoms with Gasteiger partial charge in [0.05, 0.1) is 34.8 Å². The third-order valence-corrected chi connectivity index (χ3v) is 6.28. The van der Waals surface area contributed by atoms with Gasteiger partial charge in [0.2, 0.25) is 0 Å². The average molecular weight is 365 g/mol. The lowest BCUT2D eigenvalue weighted by atomic mass is 9.64. The van der Waals surface area contributed by atoms with Crippen molar-refractivity contribution in [2.24, 2.45) is 16.7 Å². The number of ether oxygens (including phenoxy) is 1. The minimum Gasteiger partial charge on any atom is -0.463 e. The molecule has 0 saturated heterocycles. The molecule has 2 rings (SSSR count). The predicted octanol–water partition coefficient (Wildman–Crippen LogP) is 2.82. The maximum Gasteiger partial charge on any atom is 0.312 e. The first-order valence-corrected chi connectivity index (χ1v) is 8.90. The highest BCUT2D eigenvalue weighted by atomic mass is 16.5. The third-order valence-electron chi connectivity index (χ3n) is 6.28. The van der Waals surface area contributed by atoms with Crippen molar-refractivity contribution >= 4 is 5.97 Å². The van der Waals surface area contributed by atoms with Crippen LogP contribution in [0.2, 0.25) is 0 Å². The van der Waals surface area contributed by atoms with Crippen LogP contribution in [-0.4, -0.2) is 24.3 Å². The van der Waals surface area contributed by atoms with Crippen LogP contribution in [0.25, 0.3) is 0 Å². The lowest BCUT2D eigenvalue weighted by Crippen LogP contribution is -2.42. The Morgan fingerprint density at radius 2 is 1.74 bits per heavy atom. The van der Waals surface area contributed by atoms with Crippen LogP contribution >= 0.6 is 0 Å². The Bertz CT molecular complexity index is 870. The molecule has 0 aliphatic heterocycles. The van der Waals surface area contributed by atoms with Gasteiger partial charge < -0.3 is 9.84 Å². The van der Waals surface area contributed by atoms with Gasteiger partial charge in [-0.1, -0.05) is 13.8 Å². The molecule has 1 aliphatic carbocycles. The van der Waals surface area contributed by atoms with Crippen molar-refractivity contribution in [1.82, 2.24) is 0 Å². The first-order valence-electron chi connectivity index (χ1n) is 8.90. The smallest absolute Gasteiger partial charge is 0.312 e. The number of hydrogen-bond acceptors (Lipinski definition) is 6. The number of hydrogen-bond donors (Lipinski definition) is 1. The van der Waals surface area contributed by atoms with Gasteiger partial charge in [-0.25, -0.2) is 0 Å². The van der Waals surface area contributed by atoms with Crippen LogP contribution in [0, 0.1) is 50.7 Å². The average Bonchev–Trinajstić information content (AvgIpc) is 2.89. The van der Waals surface area contributed by atoms with Crippen molar-refractivity contribution in [1.29, 1.82) is 15.8 Å². The molecule has 6 heteroatoms. The summed E-state index contributed by atoms with van der Waals surface area (Å²) in [5.74, 6) is -0.210. The highest BCUT2D eigenvalue weighted by molar-refractivity contribution is 5.78. The van der Waals surface area contributed by atoms with E-state index in [0.717, 1.165) is 12.0 Å². The number of carbonyl (C=O) groups is 1. The van der Waals surface area contributed by atoms with E-state index in [9.17, 15) is 15.3 Å². The normalized spacial score (nSPS) is 23.1. The maximum absolute atomic E-state index is 12.6. The molecule has 0 spiro atoms. The summed E-state index contributed by atoms with van der Waals surface area (Å²) in [7, 11) is 0. The van der Waals surface area contributed by atoms with E-state index in [1.165, 1.54) is 6.07 Å². The van der Waals surface area contributed by atoms with Gasteiger partial charge >= 0.3 is 5.97 Å². The van der Waals surface area contributed by atoms with Gasteiger partial charge in [-0.2, -0.15) is 15.8 Å². The van der Waals surface area contributed by atoms with Crippen molar-refractivity contribution in [2.45, 2.75) is 40.0 Å². The van der Waals surface area contributed by atoms with E-state index in [4.69, 9.17) is 15.1 Å². The van der Waals surface area contributed by atoms with E-state index in [2.05, 4.69) is 6.07 Å². The number of aliphatic hydroxyl groups is 1. The summed E-state index contributed by atoms with van der Waals surface area (Å²) in [4.78, 5) is 12.6. The van der Waals surface area contributed by atoms with Crippen molar-refractivity contribution in [2.75, 3.05) is 13.2 Å². The van der Waals surface area contributed by atoms with E-state index >= 15 is 0 Å². The molecule has 0 radical (unpaired) electrons. The van der Waals surface area contributed by atoms with Crippen molar-refractivity contribution in [3.8, 4) is 18.2 Å². The number of rotatable bonds is 5. The lowest BCUT2D eigenvalue weighted by molar-refractivity contribution is -0.162. The van der Waals surface area contributed by atoms with Crippen LogP contribution in [0.1, 0.15) is 55.9 Å². The van der Waals surface area contributed by atoms with E-state index in [1.54, 1.807) is 6.07 Å². The molecule has 1 aliphatic rings. The standard InChI is InChI=1S/C21H23N3O3/c1-20(2)18(4-5-21(20,3)19(26)27-7-6-25)10-14-8-16(12-23)17(13-24)9-15(14)11-22/h8-9,18,25H,4-7,10H2,1-3H3/t18-,21+/m1/s1. The summed E-state index contributed by atoms with van der Waals surface area (Å²) >= 11 is 0. The van der Waals surface area contributed by atoms with Crippen LogP contribution in [-0.2, 0) is 16.0 Å². The molecule has 6 nitrogen and oxygen atoms in total. The summed E-state index contributed by atoms with van der Waals surface area (Å²) in [6.45, 7) is 5.70. The molecule has 0 bridgehead atoms. The quantitative estimate of drug-likeness (QED) is 0.802. The van der Waals surface area contributed by atoms with Crippen LogP contribution in [0.3, 0.4) is 0 Å². The topological polar surface area (TPSA) is 118 Å². The Morgan fingerprint density at radius 1 is 1.15 bits per heavy atom. The van der Waals surface area contributed by atoms with E-state index in [-0.39, 0.29) is 36.2 Å². The second-order valence-corrected chi connectivity index (χ2v) is 7.74. The van der Waals surface area contributed by atoms with E-state index in [1.807, 2.05) is 32.9 Å². The van der Waals surface area contributed by atoms with Crippen LogP contribution < -0.4 is 0 Å². The number of esters is 1. The molecule has 1 aromatic carbocycles. The Balaban J connectivity index is 2.34. The van der Waals surface area contributed by atoms with E-state index < -0.39 is 10.8 Å². The molecule has 1 aromatic rings. The van der Waals surface area contributed by atoms with Gasteiger partial charge in [0.1, 0.15) is 18.7 Å². The first kappa shape index (κ1) is 20.4. The second-order valence-electron chi connectivity index (χ2n) is 7.74. The number of nitriles is 3. The number of nitrogens with zero attached hydrogens (tertiary/aromatic N) is 3. The molecule has 0 unspecified atom stereocenters. The second kappa shape index (κ2) is 7.78. The summed E-state index contributed by atoms with van der Waals surface area (Å²) in [6.07, 6.45) is 1.97. The van der Waals surface area contributed by atoms with Gasteiger partial charge in [-0.05, 0) is 55.2 Å². The van der Waals surface area contributed by atoms with Gasteiger partial charge in [0, 0.05) is 0 Å². The fourth-order valence-electron chi connectivity index (χ4n) is 3.98. The molecular formula is C21H23N3O3. The maximum atomic E-state index is 12.6. The largest absolute Gasteiger partial charge is 0.463 e. The number of aliphatic hydroxyl groups excluding tert-OH is 1. The zero-order chi connectivity index (χ0) is 20.2. The van der Waals surface area contributed by atoms with Gasteiger partial charge in [0.25, 0.3) is 0 Å². The molecule has 27 heavy (non-hydrogen) atoms. The lowest BCUT2D eigenvalue weighted by Gasteiger charge is -2.40. The van der Waals surface area contributed by atoms with Crippen molar-refractivity contribution in [3.63, 3.8) is 0 Å². The molecular weight excluding hydrogens is 342 g/mol. The Hall–Kier alpha value is -2.88. The summed E-state index contributed by atoms with van der Waals surface area (Å²) < 4.78 is 5.20. The Morgan fingerprint density at radius 3 is 2.30 bits per heavy atom. The SMILES string of the molecule is CC1(C)[C@@H](Cc2cc(C#N)c(C#N)cc2C#N)CC[C@@]1(C)C(=O)OCCO. The third kappa shape index (κ3) is 3.52. The zero-order valence-corrected chi connectivity index (χ0v) is 15.9. The highest BCUT2D eigenvalue weighted by Crippen LogP contribution is 2.57. The molecule has 1 fully saturated rings. The molecule has 0 amide bonds. The van der Waals surface area contributed by atoms with Crippen LogP contribution in [0.4, 0.5) is 0 Å². The fourth-order valence-corrected chi connectivity index (χ4v) is 3.98. The highest BCUT2D eigenvalue weighted by Gasteiger charge is 2.56. The molecule has 0 aromatic heterocycles. The molecule has 1 saturated carbocycles. The molecule has 2 atom stereocenters. The van der Waals surface area contributed by atoms with Crippen LogP contribution in [0.5, 0.6) is 0 Å². The monoisotopic (exact) mass is 365 g/mol. The molecule has 140 valence electrons. The molecule has 0 heterocycles.